The molecule has 0 saturated carbocycles. The molecule has 0 spiro atoms. The van der Waals surface area contributed by atoms with E-state index in [1.807, 2.05) is 54.6 Å². The number of hydrogen-bond acceptors (Lipinski definition) is 1. The van der Waals surface area contributed by atoms with E-state index in [0.717, 1.165) is 59.7 Å². The van der Waals surface area contributed by atoms with E-state index in [0.29, 0.717) is 5.75 Å². The second-order valence-corrected chi connectivity index (χ2v) is 9.05. The maximum atomic E-state index is 11.9. The van der Waals surface area contributed by atoms with Gasteiger partial charge in [-0.05, 0) is 28.8 Å². The van der Waals surface area contributed by atoms with E-state index in [1.165, 1.54) is 0 Å². The predicted octanol–water partition coefficient (Wildman–Crippen LogP) is 8.79. The Morgan fingerprint density at radius 3 is 1.67 bits per heavy atom. The molecule has 33 heavy (non-hydrogen) atoms. The molecule has 0 aliphatic rings. The van der Waals surface area contributed by atoms with Crippen molar-refractivity contribution in [2.24, 2.45) is 0 Å². The first kappa shape index (κ1) is 19.8. The summed E-state index contributed by atoms with van der Waals surface area (Å²) in [7, 11) is 0. The Balaban J connectivity index is 1.88. The molecule has 2 nitrogen and oxygen atoms in total. The predicted molar refractivity (Wildman–Crippen MR) is 141 cm³/mol. The van der Waals surface area contributed by atoms with Crippen molar-refractivity contribution in [2.75, 3.05) is 0 Å². The van der Waals surface area contributed by atoms with Crippen LogP contribution in [0.5, 0.6) is 5.75 Å². The molecular formula is C30H20BrNO. The molecule has 6 rings (SSSR count). The Morgan fingerprint density at radius 2 is 1.09 bits per heavy atom. The van der Waals surface area contributed by atoms with Crippen LogP contribution in [0.1, 0.15) is 0 Å². The first-order chi connectivity index (χ1) is 16.2. The van der Waals surface area contributed by atoms with E-state index in [4.69, 9.17) is 0 Å². The molecule has 0 atom stereocenters. The number of aromatic nitrogens is 1. The third kappa shape index (κ3) is 3.24. The molecule has 0 fully saturated rings. The van der Waals surface area contributed by atoms with Crippen molar-refractivity contribution in [2.45, 2.75) is 0 Å². The number of rotatable bonds is 3. The molecule has 158 valence electrons. The minimum absolute atomic E-state index is 0.294. The summed E-state index contributed by atoms with van der Waals surface area (Å²) in [4.78, 5) is 3.69. The Kier molecular flexibility index (Phi) is 4.78. The van der Waals surface area contributed by atoms with Crippen LogP contribution in [0, 0.1) is 0 Å². The molecule has 2 N–H and O–H groups in total. The maximum Gasteiger partial charge on any atom is 0.132 e. The second kappa shape index (κ2) is 7.95. The average molecular weight is 490 g/mol. The van der Waals surface area contributed by atoms with Crippen molar-refractivity contribution in [1.29, 1.82) is 0 Å². The van der Waals surface area contributed by atoms with Crippen LogP contribution in [0.4, 0.5) is 0 Å². The van der Waals surface area contributed by atoms with Gasteiger partial charge >= 0.3 is 0 Å². The molecule has 5 aromatic carbocycles. The fraction of sp³-hybridized carbons (Fsp3) is 0. The smallest absolute Gasteiger partial charge is 0.132 e. The van der Waals surface area contributed by atoms with Crippen molar-refractivity contribution >= 4 is 37.7 Å². The van der Waals surface area contributed by atoms with Gasteiger partial charge in [0.2, 0.25) is 0 Å². The number of aromatic amines is 1. The summed E-state index contributed by atoms with van der Waals surface area (Å²) in [5, 5.41) is 14.1. The van der Waals surface area contributed by atoms with Crippen molar-refractivity contribution in [3.8, 4) is 39.1 Å². The largest absolute Gasteiger partial charge is 0.507 e. The van der Waals surface area contributed by atoms with Gasteiger partial charge in [0, 0.05) is 37.5 Å². The zero-order valence-corrected chi connectivity index (χ0v) is 19.3. The molecule has 6 aromatic rings. The van der Waals surface area contributed by atoms with E-state index >= 15 is 0 Å². The highest BCUT2D eigenvalue weighted by Gasteiger charge is 2.25. The lowest BCUT2D eigenvalue weighted by atomic mass is 9.86. The van der Waals surface area contributed by atoms with Crippen LogP contribution in [0.25, 0.3) is 55.2 Å². The van der Waals surface area contributed by atoms with Crippen LogP contribution in [0.3, 0.4) is 0 Å². The number of phenols is 1. The van der Waals surface area contributed by atoms with Crippen LogP contribution in [-0.2, 0) is 0 Å². The Labute approximate surface area is 200 Å². The van der Waals surface area contributed by atoms with Crippen LogP contribution in [-0.4, -0.2) is 10.1 Å². The van der Waals surface area contributed by atoms with E-state index in [1.54, 1.807) is 0 Å². The SMILES string of the molecule is Oc1c(-c2ccccc2)c(-c2ccccc2)c2[nH]c3cc(Br)ccc3c2c1-c1ccccc1. The Morgan fingerprint density at radius 1 is 0.576 bits per heavy atom. The van der Waals surface area contributed by atoms with Gasteiger partial charge in [-0.3, -0.25) is 0 Å². The number of halogens is 1. The summed E-state index contributed by atoms with van der Waals surface area (Å²) in [6, 6.07) is 36.8. The van der Waals surface area contributed by atoms with Crippen LogP contribution in [0.2, 0.25) is 0 Å². The molecule has 0 bridgehead atoms. The first-order valence-corrected chi connectivity index (χ1v) is 11.7. The highest BCUT2D eigenvalue weighted by molar-refractivity contribution is 9.10. The lowest BCUT2D eigenvalue weighted by Crippen LogP contribution is -1.92. The molecule has 1 heterocycles. The molecular weight excluding hydrogens is 470 g/mol. The number of nitrogens with one attached hydrogen (secondary N) is 1. The van der Waals surface area contributed by atoms with Gasteiger partial charge < -0.3 is 10.1 Å². The van der Waals surface area contributed by atoms with Gasteiger partial charge in [0.15, 0.2) is 0 Å². The molecule has 1 aromatic heterocycles. The van der Waals surface area contributed by atoms with E-state index < -0.39 is 0 Å². The van der Waals surface area contributed by atoms with E-state index in [2.05, 4.69) is 75.5 Å². The molecule has 0 unspecified atom stereocenters. The fourth-order valence-electron chi connectivity index (χ4n) is 4.77. The Bertz CT molecular complexity index is 1600. The number of fused-ring (bicyclic) bond motifs is 3. The average Bonchev–Trinajstić information content (AvgIpc) is 3.22. The highest BCUT2D eigenvalue weighted by Crippen LogP contribution is 2.51. The maximum absolute atomic E-state index is 11.9. The lowest BCUT2D eigenvalue weighted by molar-refractivity contribution is 0.480. The van der Waals surface area contributed by atoms with Gasteiger partial charge in [-0.15, -0.1) is 0 Å². The molecule has 0 radical (unpaired) electrons. The summed E-state index contributed by atoms with van der Waals surface area (Å²) in [6.07, 6.45) is 0. The third-order valence-corrected chi connectivity index (χ3v) is 6.66. The van der Waals surface area contributed by atoms with Crippen LogP contribution in [0.15, 0.2) is 114 Å². The zero-order chi connectivity index (χ0) is 22.4. The summed E-state index contributed by atoms with van der Waals surface area (Å²) in [6.45, 7) is 0. The van der Waals surface area contributed by atoms with Gasteiger partial charge in [0.25, 0.3) is 0 Å². The summed E-state index contributed by atoms with van der Waals surface area (Å²) < 4.78 is 1.01. The van der Waals surface area contributed by atoms with Crippen LogP contribution < -0.4 is 0 Å². The van der Waals surface area contributed by atoms with Crippen molar-refractivity contribution < 1.29 is 5.11 Å². The first-order valence-electron chi connectivity index (χ1n) is 10.9. The minimum Gasteiger partial charge on any atom is -0.507 e. The quantitative estimate of drug-likeness (QED) is 0.256. The number of hydrogen-bond donors (Lipinski definition) is 2. The molecule has 0 saturated heterocycles. The number of aromatic hydroxyl groups is 1. The topological polar surface area (TPSA) is 36.0 Å². The Hall–Kier alpha value is -3.82. The second-order valence-electron chi connectivity index (χ2n) is 8.14. The summed E-state index contributed by atoms with van der Waals surface area (Å²) in [5.74, 6) is 0.294. The van der Waals surface area contributed by atoms with Gasteiger partial charge in [0.05, 0.1) is 5.52 Å². The van der Waals surface area contributed by atoms with Gasteiger partial charge in [-0.1, -0.05) is 113 Å². The van der Waals surface area contributed by atoms with Gasteiger partial charge in [0.1, 0.15) is 5.75 Å². The lowest BCUT2D eigenvalue weighted by Gasteiger charge is -2.18. The van der Waals surface area contributed by atoms with Gasteiger partial charge in [-0.25, -0.2) is 0 Å². The molecule has 3 heteroatoms. The monoisotopic (exact) mass is 489 g/mol. The molecule has 0 amide bonds. The molecule has 0 aliphatic carbocycles. The number of benzene rings is 5. The summed E-state index contributed by atoms with van der Waals surface area (Å²) in [5.41, 5.74) is 7.75. The summed E-state index contributed by atoms with van der Waals surface area (Å²) >= 11 is 3.61. The minimum atomic E-state index is 0.294. The van der Waals surface area contributed by atoms with Crippen LogP contribution >= 0.6 is 15.9 Å². The zero-order valence-electron chi connectivity index (χ0n) is 17.7. The third-order valence-electron chi connectivity index (χ3n) is 6.17. The normalized spacial score (nSPS) is 11.3. The number of phenolic OH excluding ortho intramolecular Hbond substituents is 1. The van der Waals surface area contributed by atoms with E-state index in [9.17, 15) is 5.11 Å². The van der Waals surface area contributed by atoms with Crippen molar-refractivity contribution in [3.63, 3.8) is 0 Å². The standard InChI is InChI=1S/C30H20BrNO/c31-22-16-17-23-24(18-22)32-29-25(19-10-4-1-5-11-19)26(20-12-6-2-7-13-20)30(33)27(28(23)29)21-14-8-3-9-15-21/h1-18,32-33H. The highest BCUT2D eigenvalue weighted by atomic mass is 79.9. The van der Waals surface area contributed by atoms with E-state index in [-0.39, 0.29) is 0 Å². The number of H-pyrrole nitrogens is 1. The van der Waals surface area contributed by atoms with Gasteiger partial charge in [-0.2, -0.15) is 0 Å². The fourth-order valence-corrected chi connectivity index (χ4v) is 5.13. The van der Waals surface area contributed by atoms with Crippen molar-refractivity contribution in [3.05, 3.63) is 114 Å². The van der Waals surface area contributed by atoms with Crippen molar-refractivity contribution in [1.82, 2.24) is 4.98 Å². The molecule has 0 aliphatic heterocycles.